The molecule has 0 bridgehead atoms. The third-order valence-corrected chi connectivity index (χ3v) is 13.7. The Kier molecular flexibility index (Phi) is 9.18. The van der Waals surface area contributed by atoms with Crippen molar-refractivity contribution in [2.45, 2.75) is 103 Å². The number of aromatic nitrogens is 4. The fourth-order valence-electron chi connectivity index (χ4n) is 10.2. The first-order valence-electron chi connectivity index (χ1n) is 20.9. The third kappa shape index (κ3) is 6.49. The van der Waals surface area contributed by atoms with E-state index in [4.69, 9.17) is 14.7 Å². The van der Waals surface area contributed by atoms with Gasteiger partial charge in [-0.3, -0.25) is 14.5 Å². The first-order chi connectivity index (χ1) is 28.5. The van der Waals surface area contributed by atoms with Crippen LogP contribution in [0, 0.1) is 34.5 Å². The number of H-pyrrole nitrogens is 2. The van der Waals surface area contributed by atoms with Crippen LogP contribution in [0.2, 0.25) is 0 Å². The lowest BCUT2D eigenvalue weighted by Gasteiger charge is -2.35. The fourth-order valence-corrected chi connectivity index (χ4v) is 10.2. The predicted octanol–water partition coefficient (Wildman–Crippen LogP) is 7.11. The lowest BCUT2D eigenvalue weighted by Crippen LogP contribution is -2.52. The normalized spacial score (nSPS) is 26.2. The van der Waals surface area contributed by atoms with E-state index in [9.17, 15) is 24.3 Å². The molecule has 3 aromatic carbocycles. The number of benzene rings is 3. The molecule has 14 heteroatoms. The Morgan fingerprint density at radius 1 is 0.817 bits per heavy atom. The summed E-state index contributed by atoms with van der Waals surface area (Å²) in [6.07, 6.45) is 1.64. The van der Waals surface area contributed by atoms with Crippen LogP contribution in [0.15, 0.2) is 48.5 Å². The second-order valence-electron chi connectivity index (χ2n) is 18.7. The van der Waals surface area contributed by atoms with Crippen molar-refractivity contribution in [1.82, 2.24) is 40.0 Å². The van der Waals surface area contributed by atoms with Crippen molar-refractivity contribution in [2.24, 2.45) is 22.7 Å². The van der Waals surface area contributed by atoms with Crippen LogP contribution < -0.4 is 5.32 Å². The minimum atomic E-state index is -1.12. The van der Waals surface area contributed by atoms with Gasteiger partial charge in [0.25, 0.3) is 0 Å². The zero-order chi connectivity index (χ0) is 42.6. The number of hydrogen-bond donors (Lipinski definition) is 4. The summed E-state index contributed by atoms with van der Waals surface area (Å²) in [6, 6.07) is 14.2. The van der Waals surface area contributed by atoms with Gasteiger partial charge < -0.3 is 34.9 Å². The zero-order valence-electron chi connectivity index (χ0n) is 35.3. The standard InChI is InChI=1S/C46H52N8O6/c1-23(2)36(51-43(57)60-8)41(55)53-33(20-45(5)21-34(45)53)40-48-30-16-13-27-17-25(11-14-28(27)37(30)50-40)9-10-26-12-15-29-31(18-26)49-39(47-29)32-19-46(6)22-35(46)54(32)42(56)38(24(3)4)52(7)44(58)59/h11-18,23-24,32-36,38H,19-22H2,1-8H3,(H,47,49)(H,48,50)(H,51,57)(H,58,59)/t32-,33-,34?,35?,36-,38-,45-,46-/m0/s1. The fraction of sp³-hybridized carbons (Fsp3) is 0.478. The highest BCUT2D eigenvalue weighted by atomic mass is 16.5. The second kappa shape index (κ2) is 14.0. The van der Waals surface area contributed by atoms with Crippen molar-refractivity contribution >= 4 is 56.8 Å². The van der Waals surface area contributed by atoms with Gasteiger partial charge in [-0.25, -0.2) is 19.6 Å². The molecule has 2 saturated carbocycles. The van der Waals surface area contributed by atoms with E-state index < -0.39 is 24.3 Å². The van der Waals surface area contributed by atoms with Crippen molar-refractivity contribution < 1.29 is 29.0 Å². The highest BCUT2D eigenvalue weighted by Crippen LogP contribution is 2.64. The van der Waals surface area contributed by atoms with Gasteiger partial charge in [0.2, 0.25) is 11.8 Å². The molecule has 8 atom stereocenters. The molecule has 4 heterocycles. The van der Waals surface area contributed by atoms with E-state index in [0.29, 0.717) is 5.82 Å². The Morgan fingerprint density at radius 3 is 2.03 bits per heavy atom. The number of aromatic amines is 2. The maximum Gasteiger partial charge on any atom is 0.407 e. The van der Waals surface area contributed by atoms with Gasteiger partial charge in [0.15, 0.2) is 0 Å². The van der Waals surface area contributed by atoms with Gasteiger partial charge in [0.1, 0.15) is 23.7 Å². The number of likely N-dealkylation sites (tertiary alicyclic amines) is 2. The topological polar surface area (TPSA) is 177 Å². The summed E-state index contributed by atoms with van der Waals surface area (Å²) in [5.74, 6) is 7.48. The Morgan fingerprint density at radius 2 is 1.42 bits per heavy atom. The molecule has 2 aromatic heterocycles. The maximum absolute atomic E-state index is 14.0. The number of carboxylic acid groups (broad SMARTS) is 1. The van der Waals surface area contributed by atoms with E-state index in [1.54, 1.807) is 0 Å². The summed E-state index contributed by atoms with van der Waals surface area (Å²) in [6.45, 7) is 12.0. The number of fused-ring (bicyclic) bond motifs is 6. The van der Waals surface area contributed by atoms with Crippen molar-refractivity contribution in [2.75, 3.05) is 14.2 Å². The molecule has 312 valence electrons. The minimum Gasteiger partial charge on any atom is -0.465 e. The van der Waals surface area contributed by atoms with Gasteiger partial charge in [-0.1, -0.05) is 65.5 Å². The van der Waals surface area contributed by atoms with Gasteiger partial charge in [-0.05, 0) is 90.1 Å². The summed E-state index contributed by atoms with van der Waals surface area (Å²) in [5, 5.41) is 14.5. The van der Waals surface area contributed by atoms with E-state index >= 15 is 0 Å². The van der Waals surface area contributed by atoms with E-state index in [1.807, 2.05) is 73.9 Å². The predicted molar refractivity (Wildman–Crippen MR) is 226 cm³/mol. The number of carbonyl (C=O) groups excluding carboxylic acids is 3. The molecule has 0 spiro atoms. The first-order valence-corrected chi connectivity index (χ1v) is 20.9. The Balaban J connectivity index is 0.954. The lowest BCUT2D eigenvalue weighted by atomic mass is 9.99. The smallest absolute Gasteiger partial charge is 0.407 e. The number of nitrogens with zero attached hydrogens (tertiary/aromatic N) is 5. The summed E-state index contributed by atoms with van der Waals surface area (Å²) in [7, 11) is 2.77. The zero-order valence-corrected chi connectivity index (χ0v) is 35.3. The van der Waals surface area contributed by atoms with E-state index in [2.05, 4.69) is 53.1 Å². The summed E-state index contributed by atoms with van der Waals surface area (Å²) in [5.41, 5.74) is 4.97. The van der Waals surface area contributed by atoms with Crippen molar-refractivity contribution in [3.63, 3.8) is 0 Å². The van der Waals surface area contributed by atoms with E-state index in [0.717, 1.165) is 80.4 Å². The van der Waals surface area contributed by atoms with Crippen LogP contribution in [0.4, 0.5) is 9.59 Å². The van der Waals surface area contributed by atoms with Crippen molar-refractivity contribution in [3.05, 3.63) is 71.3 Å². The third-order valence-electron chi connectivity index (χ3n) is 13.7. The quantitative estimate of drug-likeness (QED) is 0.120. The lowest BCUT2D eigenvalue weighted by molar-refractivity contribution is -0.140. The average Bonchev–Trinajstić information content (AvgIpc) is 3.69. The highest BCUT2D eigenvalue weighted by Gasteiger charge is 2.65. The number of nitrogens with one attached hydrogen (secondary N) is 3. The molecular weight excluding hydrogens is 761 g/mol. The molecular formula is C46H52N8O6. The van der Waals surface area contributed by atoms with Crippen LogP contribution in [0.5, 0.6) is 0 Å². The van der Waals surface area contributed by atoms with Gasteiger partial charge in [-0.15, -0.1) is 0 Å². The molecule has 60 heavy (non-hydrogen) atoms. The van der Waals surface area contributed by atoms with Crippen molar-refractivity contribution in [1.29, 1.82) is 0 Å². The van der Waals surface area contributed by atoms with Crippen molar-refractivity contribution in [3.8, 4) is 11.8 Å². The second-order valence-corrected chi connectivity index (χ2v) is 18.7. The number of carbonyl (C=O) groups is 4. The number of rotatable bonds is 8. The largest absolute Gasteiger partial charge is 0.465 e. The molecule has 4 aliphatic rings. The van der Waals surface area contributed by atoms with Gasteiger partial charge in [0.05, 0.1) is 41.3 Å². The Labute approximate surface area is 348 Å². The molecule has 2 unspecified atom stereocenters. The number of hydrogen-bond acceptors (Lipinski definition) is 7. The summed E-state index contributed by atoms with van der Waals surface area (Å²) in [4.78, 5) is 74.2. The number of piperidine rings is 2. The van der Waals surface area contributed by atoms with Gasteiger partial charge in [0, 0.05) is 35.6 Å². The highest BCUT2D eigenvalue weighted by molar-refractivity contribution is 6.04. The Hall–Kier alpha value is -6.10. The number of methoxy groups -OCH3 is 1. The van der Waals surface area contributed by atoms with Gasteiger partial charge >= 0.3 is 12.2 Å². The van der Waals surface area contributed by atoms with Crippen LogP contribution in [-0.4, -0.2) is 102 Å². The molecule has 4 N–H and O–H groups in total. The monoisotopic (exact) mass is 812 g/mol. The number of amides is 4. The molecule has 5 aromatic rings. The maximum atomic E-state index is 14.0. The molecule has 4 fully saturated rings. The molecule has 2 saturated heterocycles. The molecule has 0 radical (unpaired) electrons. The van der Waals surface area contributed by atoms with E-state index in [1.165, 1.54) is 14.2 Å². The molecule has 9 rings (SSSR count). The Bertz CT molecular complexity index is 2670. The van der Waals surface area contributed by atoms with Crippen LogP contribution in [0.1, 0.15) is 102 Å². The molecule has 2 aliphatic carbocycles. The van der Waals surface area contributed by atoms with Crippen LogP contribution in [0.3, 0.4) is 0 Å². The first kappa shape index (κ1) is 39.4. The van der Waals surface area contributed by atoms with Crippen LogP contribution in [0.25, 0.3) is 32.8 Å². The number of alkyl carbamates (subject to hydrolysis) is 1. The van der Waals surface area contributed by atoms with Gasteiger partial charge in [-0.2, -0.15) is 0 Å². The number of likely N-dealkylation sites (N-methyl/N-ethyl adjacent to an activating group) is 1. The average molecular weight is 813 g/mol. The van der Waals surface area contributed by atoms with Crippen LogP contribution >= 0.6 is 0 Å². The molecule has 2 aliphatic heterocycles. The SMILES string of the molecule is COC(=O)N[C@H](C(=O)N1C2C[C@]2(C)C[C@H]1c1nc2ccc3cc(C#Cc4ccc5[nH]c([C@@H]6C[C@@]7(C)CC7N6C(=O)[C@H](C(C)C)N(C)C(=O)O)nc5c4)ccc3c2[nH]1)C(C)C. The molecule has 4 amide bonds. The summed E-state index contributed by atoms with van der Waals surface area (Å²) < 4.78 is 4.83. The number of ether oxygens (including phenoxy) is 1. The minimum absolute atomic E-state index is 0.0100. The number of imidazole rings is 2. The molecule has 14 nitrogen and oxygen atoms in total. The summed E-state index contributed by atoms with van der Waals surface area (Å²) >= 11 is 0. The van der Waals surface area contributed by atoms with Crippen LogP contribution in [-0.2, 0) is 14.3 Å². The van der Waals surface area contributed by atoms with E-state index in [-0.39, 0.29) is 58.6 Å².